The van der Waals surface area contributed by atoms with E-state index in [1.54, 1.807) is 23.5 Å². The lowest BCUT2D eigenvalue weighted by molar-refractivity contribution is 0.0730. The number of nitrogens with zero attached hydrogens (tertiary/aromatic N) is 3. The molecule has 0 unspecified atom stereocenters. The summed E-state index contributed by atoms with van der Waals surface area (Å²) in [6, 6.07) is 3.26. The van der Waals surface area contributed by atoms with Crippen molar-refractivity contribution in [3.63, 3.8) is 0 Å². The quantitative estimate of drug-likeness (QED) is 0.577. The second-order valence-electron chi connectivity index (χ2n) is 7.19. The molecule has 1 N–H and O–H groups in total. The highest BCUT2D eigenvalue weighted by Crippen LogP contribution is 2.34. The largest absolute Gasteiger partial charge is 0.379 e. The van der Waals surface area contributed by atoms with Gasteiger partial charge in [-0.2, -0.15) is 4.31 Å². The van der Waals surface area contributed by atoms with E-state index in [4.69, 9.17) is 4.74 Å². The number of sulfonamides is 1. The summed E-state index contributed by atoms with van der Waals surface area (Å²) >= 11 is 3.03. The van der Waals surface area contributed by atoms with Crippen molar-refractivity contribution in [2.75, 3.05) is 26.3 Å². The molecule has 0 saturated carbocycles. The van der Waals surface area contributed by atoms with E-state index >= 15 is 0 Å². The number of thioether (sulfide) groups is 1. The number of aromatic amines is 1. The Bertz CT molecular complexity index is 1250. The number of hydrogen-bond acceptors (Lipinski definition) is 8. The molecule has 0 bridgehead atoms. The topological polar surface area (TPSA) is 105 Å². The number of H-pyrrole nitrogens is 1. The average Bonchev–Trinajstić information content (AvgIpc) is 3.34. The Balaban J connectivity index is 1.30. The lowest BCUT2D eigenvalue weighted by Crippen LogP contribution is -2.40. The number of pyridine rings is 1. The van der Waals surface area contributed by atoms with Crippen LogP contribution < -0.4 is 5.56 Å². The molecule has 3 aromatic rings. The van der Waals surface area contributed by atoms with Crippen LogP contribution in [-0.4, -0.2) is 54.0 Å². The third kappa shape index (κ3) is 3.69. The summed E-state index contributed by atoms with van der Waals surface area (Å²) in [5, 5.41) is 1.42. The molecular weight excluding hydrogens is 444 g/mol. The van der Waals surface area contributed by atoms with Crippen LogP contribution in [0.25, 0.3) is 10.2 Å². The number of morpholine rings is 1. The minimum atomic E-state index is -3.55. The van der Waals surface area contributed by atoms with Gasteiger partial charge in [0.2, 0.25) is 10.0 Å². The monoisotopic (exact) mass is 464 g/mol. The number of hydrogen-bond donors (Lipinski definition) is 1. The molecule has 1 aliphatic heterocycles. The highest BCUT2D eigenvalue weighted by molar-refractivity contribution is 7.98. The fraction of sp³-hybridized carbons (Fsp3) is 0.421. The van der Waals surface area contributed by atoms with E-state index in [-0.39, 0.29) is 10.5 Å². The maximum atomic E-state index is 12.7. The Morgan fingerprint density at radius 3 is 2.83 bits per heavy atom. The minimum Gasteiger partial charge on any atom is -0.379 e. The summed E-state index contributed by atoms with van der Waals surface area (Å²) in [6.45, 7) is 1.52. The Kier molecular flexibility index (Phi) is 5.40. The third-order valence-corrected chi connectivity index (χ3v) is 9.32. The zero-order chi connectivity index (χ0) is 20.7. The first kappa shape index (κ1) is 20.1. The molecule has 1 saturated heterocycles. The van der Waals surface area contributed by atoms with Crippen molar-refractivity contribution in [2.45, 2.75) is 34.9 Å². The van der Waals surface area contributed by atoms with Crippen molar-refractivity contribution in [2.24, 2.45) is 0 Å². The fourth-order valence-electron chi connectivity index (χ4n) is 3.80. The van der Waals surface area contributed by atoms with Gasteiger partial charge in [-0.3, -0.25) is 4.79 Å². The van der Waals surface area contributed by atoms with Crippen molar-refractivity contribution < 1.29 is 13.2 Å². The SMILES string of the molecule is O=c1[nH]c(CSc2ccc(S(=O)(=O)N3CCOCC3)cn2)nc2sc3c(c12)CCC3. The van der Waals surface area contributed by atoms with Gasteiger partial charge >= 0.3 is 0 Å². The normalized spacial score (nSPS) is 17.5. The van der Waals surface area contributed by atoms with Gasteiger partial charge in [-0.1, -0.05) is 11.8 Å². The average molecular weight is 465 g/mol. The van der Waals surface area contributed by atoms with Gasteiger partial charge in [0.05, 0.1) is 29.4 Å². The van der Waals surface area contributed by atoms with Gasteiger partial charge in [-0.25, -0.2) is 18.4 Å². The predicted octanol–water partition coefficient (Wildman–Crippen LogP) is 2.18. The molecular formula is C19H20N4O4S3. The number of aromatic nitrogens is 3. The zero-order valence-electron chi connectivity index (χ0n) is 16.1. The Labute approximate surface area is 181 Å². The lowest BCUT2D eigenvalue weighted by atomic mass is 10.2. The van der Waals surface area contributed by atoms with Crippen molar-refractivity contribution in [3.8, 4) is 0 Å². The molecule has 3 aromatic heterocycles. The van der Waals surface area contributed by atoms with Gasteiger partial charge < -0.3 is 9.72 Å². The van der Waals surface area contributed by atoms with Crippen molar-refractivity contribution in [1.29, 1.82) is 0 Å². The highest BCUT2D eigenvalue weighted by Gasteiger charge is 2.26. The van der Waals surface area contributed by atoms with Gasteiger partial charge in [0.25, 0.3) is 5.56 Å². The van der Waals surface area contributed by atoms with E-state index in [1.807, 2.05) is 0 Å². The molecule has 0 amide bonds. The summed E-state index contributed by atoms with van der Waals surface area (Å²) in [5.41, 5.74) is 1.09. The Hall–Kier alpha value is -1.79. The summed E-state index contributed by atoms with van der Waals surface area (Å²) in [5.74, 6) is 1.06. The zero-order valence-corrected chi connectivity index (χ0v) is 18.5. The molecule has 0 radical (unpaired) electrons. The van der Waals surface area contributed by atoms with Gasteiger partial charge in [-0.15, -0.1) is 11.3 Å². The summed E-state index contributed by atoms with van der Waals surface area (Å²) in [7, 11) is -3.55. The first-order chi connectivity index (χ1) is 14.5. The van der Waals surface area contributed by atoms with Crippen LogP contribution in [0, 0.1) is 0 Å². The van der Waals surface area contributed by atoms with Crippen LogP contribution in [0.3, 0.4) is 0 Å². The van der Waals surface area contributed by atoms with Gasteiger partial charge in [0.1, 0.15) is 15.6 Å². The first-order valence-electron chi connectivity index (χ1n) is 9.72. The van der Waals surface area contributed by atoms with Crippen molar-refractivity contribution in [3.05, 3.63) is 44.9 Å². The number of thiophene rings is 1. The van der Waals surface area contributed by atoms with E-state index in [9.17, 15) is 13.2 Å². The molecule has 0 atom stereocenters. The van der Waals surface area contributed by atoms with E-state index < -0.39 is 10.0 Å². The van der Waals surface area contributed by atoms with E-state index in [0.717, 1.165) is 29.5 Å². The molecule has 2 aliphatic rings. The van der Waals surface area contributed by atoms with Crippen LogP contribution in [-0.2, 0) is 33.4 Å². The molecule has 1 aliphatic carbocycles. The lowest BCUT2D eigenvalue weighted by Gasteiger charge is -2.25. The molecule has 0 spiro atoms. The third-order valence-electron chi connectivity index (χ3n) is 5.30. The summed E-state index contributed by atoms with van der Waals surface area (Å²) < 4.78 is 32.0. The van der Waals surface area contributed by atoms with Crippen LogP contribution in [0.1, 0.15) is 22.7 Å². The molecule has 4 heterocycles. The van der Waals surface area contributed by atoms with Crippen LogP contribution in [0.5, 0.6) is 0 Å². The van der Waals surface area contributed by atoms with Gasteiger partial charge in [-0.05, 0) is 37.0 Å². The molecule has 5 rings (SSSR count). The summed E-state index contributed by atoms with van der Waals surface area (Å²) in [4.78, 5) is 26.6. The van der Waals surface area contributed by atoms with Gasteiger partial charge in [0, 0.05) is 24.2 Å². The summed E-state index contributed by atoms with van der Waals surface area (Å²) in [6.07, 6.45) is 4.48. The molecule has 0 aromatic carbocycles. The maximum Gasteiger partial charge on any atom is 0.259 e. The number of ether oxygens (including phenoxy) is 1. The molecule has 1 fully saturated rings. The second kappa shape index (κ2) is 8.04. The molecule has 11 heteroatoms. The first-order valence-corrected chi connectivity index (χ1v) is 13.0. The standard InChI is InChI=1S/C19H20N4O4S3/c24-18-17-13-2-1-3-14(13)29-19(17)22-15(21-18)11-28-16-5-4-12(10-20-16)30(25,26)23-6-8-27-9-7-23/h4-5,10H,1-3,6-9,11H2,(H,21,22,24). The Morgan fingerprint density at radius 1 is 1.23 bits per heavy atom. The number of nitrogens with one attached hydrogen (secondary N) is 1. The number of rotatable bonds is 5. The van der Waals surface area contributed by atoms with E-state index in [0.29, 0.717) is 42.9 Å². The molecule has 8 nitrogen and oxygen atoms in total. The van der Waals surface area contributed by atoms with Crippen LogP contribution in [0.4, 0.5) is 0 Å². The number of fused-ring (bicyclic) bond motifs is 3. The molecule has 30 heavy (non-hydrogen) atoms. The van der Waals surface area contributed by atoms with Crippen LogP contribution in [0.2, 0.25) is 0 Å². The smallest absolute Gasteiger partial charge is 0.259 e. The van der Waals surface area contributed by atoms with Crippen molar-refractivity contribution in [1.82, 2.24) is 19.3 Å². The van der Waals surface area contributed by atoms with Gasteiger partial charge in [0.15, 0.2) is 0 Å². The minimum absolute atomic E-state index is 0.0742. The maximum absolute atomic E-state index is 12.7. The Morgan fingerprint density at radius 2 is 2.07 bits per heavy atom. The molecule has 158 valence electrons. The van der Waals surface area contributed by atoms with Crippen LogP contribution >= 0.6 is 23.1 Å². The van der Waals surface area contributed by atoms with Crippen LogP contribution in [0.15, 0.2) is 33.0 Å². The highest BCUT2D eigenvalue weighted by atomic mass is 32.2. The second-order valence-corrected chi connectivity index (χ2v) is 11.2. The van der Waals surface area contributed by atoms with Crippen molar-refractivity contribution >= 4 is 43.3 Å². The van der Waals surface area contributed by atoms with E-state index in [2.05, 4.69) is 15.0 Å². The number of aryl methyl sites for hydroxylation is 2. The fourth-order valence-corrected chi connectivity index (χ4v) is 7.15. The van der Waals surface area contributed by atoms with E-state index in [1.165, 1.54) is 32.7 Å². The predicted molar refractivity (Wildman–Crippen MR) is 116 cm³/mol.